The molecule has 1 atom stereocenters. The SMILES string of the molecule is CCC(Sc1cccc(NC(=O)/C(=C/c2ccc(Cl)cc2)NC(=O)c2ccccc2)c1)C(=O)Nc1ccc(-c2nc3ccccc3o2)cc1. The molecule has 0 saturated carbocycles. The van der Waals surface area contributed by atoms with Crippen LogP contribution in [0.3, 0.4) is 0 Å². The molecule has 3 N–H and O–H groups in total. The van der Waals surface area contributed by atoms with Crippen molar-refractivity contribution in [3.8, 4) is 11.5 Å². The minimum atomic E-state index is -0.507. The second-order valence-corrected chi connectivity index (χ2v) is 12.7. The summed E-state index contributed by atoms with van der Waals surface area (Å²) in [6, 6.07) is 37.7. The molecule has 49 heavy (non-hydrogen) atoms. The van der Waals surface area contributed by atoms with Crippen LogP contribution in [0.1, 0.15) is 29.3 Å². The van der Waals surface area contributed by atoms with Crippen LogP contribution < -0.4 is 16.0 Å². The van der Waals surface area contributed by atoms with Crippen LogP contribution in [0.5, 0.6) is 0 Å². The van der Waals surface area contributed by atoms with Gasteiger partial charge in [-0.3, -0.25) is 14.4 Å². The average Bonchev–Trinajstić information content (AvgIpc) is 3.56. The zero-order chi connectivity index (χ0) is 34.2. The maximum absolute atomic E-state index is 13.5. The van der Waals surface area contributed by atoms with Gasteiger partial charge in [-0.2, -0.15) is 0 Å². The standard InChI is InChI=1S/C39H31ClN4O4S/c1-2-35(38(47)41-29-21-17-27(18-22-29)39-44-32-13-6-7-14-34(32)48-39)49-31-12-8-11-30(24-31)42-37(46)33(23-25-15-19-28(40)20-16-25)43-36(45)26-9-4-3-5-10-26/h3-24,35H,2H2,1H3,(H,41,47)(H,42,46)(H,43,45)/b33-23-. The van der Waals surface area contributed by atoms with E-state index in [2.05, 4.69) is 20.9 Å². The van der Waals surface area contributed by atoms with E-state index in [1.54, 1.807) is 72.8 Å². The molecule has 0 aliphatic carbocycles. The maximum Gasteiger partial charge on any atom is 0.272 e. The Bertz CT molecular complexity index is 2100. The number of amides is 3. The highest BCUT2D eigenvalue weighted by Gasteiger charge is 2.20. The van der Waals surface area contributed by atoms with Gasteiger partial charge in [-0.05, 0) is 96.9 Å². The fraction of sp³-hybridized carbons (Fsp3) is 0.0769. The average molecular weight is 687 g/mol. The molecular weight excluding hydrogens is 656 g/mol. The Balaban J connectivity index is 1.12. The smallest absolute Gasteiger partial charge is 0.272 e. The summed E-state index contributed by atoms with van der Waals surface area (Å²) in [5.74, 6) is -0.557. The molecule has 8 nitrogen and oxygen atoms in total. The number of hydrogen-bond donors (Lipinski definition) is 3. The lowest BCUT2D eigenvalue weighted by Gasteiger charge is -2.16. The summed E-state index contributed by atoms with van der Waals surface area (Å²) in [6.45, 7) is 1.95. The minimum Gasteiger partial charge on any atom is -0.436 e. The highest BCUT2D eigenvalue weighted by molar-refractivity contribution is 8.00. The van der Waals surface area contributed by atoms with Gasteiger partial charge in [-0.1, -0.05) is 67.1 Å². The highest BCUT2D eigenvalue weighted by atomic mass is 35.5. The van der Waals surface area contributed by atoms with Crippen molar-refractivity contribution < 1.29 is 18.8 Å². The van der Waals surface area contributed by atoms with Crippen molar-refractivity contribution in [3.63, 3.8) is 0 Å². The number of nitrogens with one attached hydrogen (secondary N) is 3. The topological polar surface area (TPSA) is 113 Å². The zero-order valence-electron chi connectivity index (χ0n) is 26.4. The molecule has 0 aliphatic rings. The van der Waals surface area contributed by atoms with Gasteiger partial charge in [-0.15, -0.1) is 11.8 Å². The van der Waals surface area contributed by atoms with E-state index in [-0.39, 0.29) is 11.6 Å². The van der Waals surface area contributed by atoms with Gasteiger partial charge in [0.2, 0.25) is 11.8 Å². The van der Waals surface area contributed by atoms with Crippen LogP contribution in [0.4, 0.5) is 11.4 Å². The number of carbonyl (C=O) groups is 3. The van der Waals surface area contributed by atoms with Gasteiger partial charge in [0.25, 0.3) is 11.8 Å². The second kappa shape index (κ2) is 15.5. The van der Waals surface area contributed by atoms with Gasteiger partial charge in [-0.25, -0.2) is 4.98 Å². The summed E-state index contributed by atoms with van der Waals surface area (Å²) in [7, 11) is 0. The van der Waals surface area contributed by atoms with Crippen LogP contribution in [0.15, 0.2) is 142 Å². The number of rotatable bonds is 11. The van der Waals surface area contributed by atoms with E-state index in [0.717, 1.165) is 16.0 Å². The number of benzene rings is 5. The molecule has 0 fully saturated rings. The van der Waals surface area contributed by atoms with Crippen molar-refractivity contribution in [1.29, 1.82) is 0 Å². The van der Waals surface area contributed by atoms with Crippen molar-refractivity contribution >= 4 is 69.6 Å². The first kappa shape index (κ1) is 33.3. The van der Waals surface area contributed by atoms with E-state index >= 15 is 0 Å². The fourth-order valence-electron chi connectivity index (χ4n) is 4.91. The van der Waals surface area contributed by atoms with Gasteiger partial charge < -0.3 is 20.4 Å². The van der Waals surface area contributed by atoms with Crippen LogP contribution in [0.2, 0.25) is 5.02 Å². The largest absolute Gasteiger partial charge is 0.436 e. The van der Waals surface area contributed by atoms with E-state index < -0.39 is 17.1 Å². The van der Waals surface area contributed by atoms with E-state index in [9.17, 15) is 14.4 Å². The van der Waals surface area contributed by atoms with Gasteiger partial charge in [0.15, 0.2) is 5.58 Å². The summed E-state index contributed by atoms with van der Waals surface area (Å²) < 4.78 is 5.86. The molecule has 244 valence electrons. The number of fused-ring (bicyclic) bond motifs is 1. The lowest BCUT2D eigenvalue weighted by molar-refractivity contribution is -0.116. The van der Waals surface area contributed by atoms with Crippen molar-refractivity contribution in [3.05, 3.63) is 149 Å². The molecular formula is C39H31ClN4O4S. The predicted molar refractivity (Wildman–Crippen MR) is 196 cm³/mol. The molecule has 10 heteroatoms. The third kappa shape index (κ3) is 8.64. The third-order valence-corrected chi connectivity index (χ3v) is 9.05. The quantitative estimate of drug-likeness (QED) is 0.0926. The number of nitrogens with zero attached hydrogens (tertiary/aromatic N) is 1. The Hall–Kier alpha value is -5.64. The van der Waals surface area contributed by atoms with Crippen LogP contribution in [0, 0.1) is 0 Å². The molecule has 6 rings (SSSR count). The van der Waals surface area contributed by atoms with Gasteiger partial charge in [0.05, 0.1) is 5.25 Å². The first-order chi connectivity index (χ1) is 23.8. The Morgan fingerprint density at radius 1 is 0.816 bits per heavy atom. The molecule has 0 spiro atoms. The number of hydrogen-bond acceptors (Lipinski definition) is 6. The molecule has 0 aliphatic heterocycles. The van der Waals surface area contributed by atoms with Gasteiger partial charge in [0, 0.05) is 32.4 Å². The molecule has 6 aromatic rings. The third-order valence-electron chi connectivity index (χ3n) is 7.44. The zero-order valence-corrected chi connectivity index (χ0v) is 27.9. The fourth-order valence-corrected chi connectivity index (χ4v) is 6.05. The number of para-hydroxylation sites is 2. The number of carbonyl (C=O) groups excluding carboxylic acids is 3. The lowest BCUT2D eigenvalue weighted by Crippen LogP contribution is -2.30. The van der Waals surface area contributed by atoms with Crippen molar-refractivity contribution in [2.45, 2.75) is 23.5 Å². The first-order valence-corrected chi connectivity index (χ1v) is 16.8. The monoisotopic (exact) mass is 686 g/mol. The van der Waals surface area contributed by atoms with Crippen LogP contribution in [-0.2, 0) is 9.59 Å². The van der Waals surface area contributed by atoms with Crippen LogP contribution >= 0.6 is 23.4 Å². The Morgan fingerprint density at radius 2 is 1.55 bits per heavy atom. The molecule has 3 amide bonds. The molecule has 1 heterocycles. The van der Waals surface area contributed by atoms with E-state index in [1.165, 1.54) is 11.8 Å². The molecule has 0 saturated heterocycles. The van der Waals surface area contributed by atoms with Crippen molar-refractivity contribution in [1.82, 2.24) is 10.3 Å². The Kier molecular flexibility index (Phi) is 10.5. The number of aromatic nitrogens is 1. The van der Waals surface area contributed by atoms with Gasteiger partial charge >= 0.3 is 0 Å². The minimum absolute atomic E-state index is 0.0576. The number of anilines is 2. The summed E-state index contributed by atoms with van der Waals surface area (Å²) in [6.07, 6.45) is 2.16. The summed E-state index contributed by atoms with van der Waals surface area (Å²) in [5, 5.41) is 8.78. The summed E-state index contributed by atoms with van der Waals surface area (Å²) >= 11 is 7.43. The second-order valence-electron chi connectivity index (χ2n) is 11.0. The maximum atomic E-state index is 13.5. The van der Waals surface area contributed by atoms with Crippen LogP contribution in [0.25, 0.3) is 28.6 Å². The molecule has 1 aromatic heterocycles. The molecule has 0 bridgehead atoms. The van der Waals surface area contributed by atoms with Crippen molar-refractivity contribution in [2.24, 2.45) is 0 Å². The Morgan fingerprint density at radius 3 is 2.29 bits per heavy atom. The van der Waals surface area contributed by atoms with Crippen LogP contribution in [-0.4, -0.2) is 28.0 Å². The van der Waals surface area contributed by atoms with Crippen molar-refractivity contribution in [2.75, 3.05) is 10.6 Å². The highest BCUT2D eigenvalue weighted by Crippen LogP contribution is 2.30. The summed E-state index contributed by atoms with van der Waals surface area (Å²) in [4.78, 5) is 45.1. The molecule has 5 aromatic carbocycles. The van der Waals surface area contributed by atoms with E-state index in [0.29, 0.717) is 45.4 Å². The van der Waals surface area contributed by atoms with E-state index in [1.807, 2.05) is 67.6 Å². The predicted octanol–water partition coefficient (Wildman–Crippen LogP) is 9.07. The Labute approximate surface area is 292 Å². The number of thioether (sulfide) groups is 1. The molecule has 0 radical (unpaired) electrons. The normalized spacial score (nSPS) is 11.9. The number of oxazole rings is 1. The number of halogens is 1. The lowest BCUT2D eigenvalue weighted by atomic mass is 10.1. The van der Waals surface area contributed by atoms with E-state index in [4.69, 9.17) is 16.0 Å². The van der Waals surface area contributed by atoms with Gasteiger partial charge in [0.1, 0.15) is 11.2 Å². The summed E-state index contributed by atoms with van der Waals surface area (Å²) in [5.41, 5.74) is 4.63. The molecule has 1 unspecified atom stereocenters. The first-order valence-electron chi connectivity index (χ1n) is 15.5.